The highest BCUT2D eigenvalue weighted by Gasteiger charge is 2.41. The fraction of sp³-hybridized carbons (Fsp3) is 0.750. The van der Waals surface area contributed by atoms with Gasteiger partial charge in [0.05, 0.1) is 5.69 Å². The monoisotopic (exact) mass is 287 g/mol. The number of hydrogen-bond acceptors (Lipinski definition) is 5. The van der Waals surface area contributed by atoms with Gasteiger partial charge in [0.2, 0.25) is 5.95 Å². The number of nitrogens with two attached hydrogens (primary N) is 2. The van der Waals surface area contributed by atoms with Crippen LogP contribution in [-0.4, -0.2) is 29.1 Å². The van der Waals surface area contributed by atoms with Gasteiger partial charge in [-0.05, 0) is 37.5 Å². The van der Waals surface area contributed by atoms with Gasteiger partial charge in [-0.15, -0.1) is 0 Å². The molecule has 2 aliphatic carbocycles. The second-order valence-corrected chi connectivity index (χ2v) is 7.32. The molecule has 5 heteroatoms. The van der Waals surface area contributed by atoms with E-state index >= 15 is 0 Å². The van der Waals surface area contributed by atoms with E-state index in [9.17, 15) is 0 Å². The van der Waals surface area contributed by atoms with Gasteiger partial charge in [-0.3, -0.25) is 0 Å². The average molecular weight is 287 g/mol. The summed E-state index contributed by atoms with van der Waals surface area (Å²) in [7, 11) is 0. The van der Waals surface area contributed by atoms with E-state index in [4.69, 9.17) is 11.5 Å². The van der Waals surface area contributed by atoms with Crippen LogP contribution >= 0.6 is 0 Å². The van der Waals surface area contributed by atoms with Crippen LogP contribution in [0.15, 0.2) is 6.07 Å². The molecule has 0 atom stereocenters. The predicted molar refractivity (Wildman–Crippen MR) is 84.1 cm³/mol. The maximum Gasteiger partial charge on any atom is 0.222 e. The zero-order valence-corrected chi connectivity index (χ0v) is 12.6. The maximum absolute atomic E-state index is 5.94. The second-order valence-electron chi connectivity index (χ2n) is 7.32. The highest BCUT2D eigenvalue weighted by molar-refractivity contribution is 5.46. The summed E-state index contributed by atoms with van der Waals surface area (Å²) in [4.78, 5) is 11.3. The Balaban J connectivity index is 1.55. The Morgan fingerprint density at radius 2 is 1.90 bits per heavy atom. The van der Waals surface area contributed by atoms with Crippen molar-refractivity contribution >= 4 is 11.8 Å². The summed E-state index contributed by atoms with van der Waals surface area (Å²) in [5, 5.41) is 0. The topological polar surface area (TPSA) is 81.1 Å². The standard InChI is InChI=1S/C16H25N5/c17-12-7-11(8-12)13-9-14(20-15(18)19-13)21-6-5-16(10-21)3-1-2-4-16/h9,11-12H,1-8,10,17H2,(H2,18,19,20). The Kier molecular flexibility index (Phi) is 3.06. The molecule has 114 valence electrons. The summed E-state index contributed by atoms with van der Waals surface area (Å²) in [6.45, 7) is 2.26. The van der Waals surface area contributed by atoms with Crippen LogP contribution in [0.4, 0.5) is 11.8 Å². The van der Waals surface area contributed by atoms with Crippen molar-refractivity contribution in [2.75, 3.05) is 23.7 Å². The molecule has 0 unspecified atom stereocenters. The lowest BCUT2D eigenvalue weighted by molar-refractivity contribution is 0.340. The Hall–Kier alpha value is -1.36. The lowest BCUT2D eigenvalue weighted by Gasteiger charge is -2.32. The number of nitrogen functional groups attached to an aromatic ring is 1. The molecule has 0 bridgehead atoms. The minimum atomic E-state index is 0.336. The molecule has 4 N–H and O–H groups in total. The molecule has 2 saturated carbocycles. The van der Waals surface area contributed by atoms with E-state index in [1.807, 2.05) is 0 Å². The first-order valence-electron chi connectivity index (χ1n) is 8.29. The van der Waals surface area contributed by atoms with E-state index in [1.54, 1.807) is 0 Å². The second kappa shape index (κ2) is 4.83. The van der Waals surface area contributed by atoms with Crippen LogP contribution in [-0.2, 0) is 0 Å². The summed E-state index contributed by atoms with van der Waals surface area (Å²) in [5.41, 5.74) is 13.5. The highest BCUT2D eigenvalue weighted by Crippen LogP contribution is 2.46. The molecule has 1 aromatic rings. The van der Waals surface area contributed by atoms with Crippen LogP contribution in [0.25, 0.3) is 0 Å². The van der Waals surface area contributed by atoms with Crippen molar-refractivity contribution in [1.82, 2.24) is 9.97 Å². The first kappa shape index (κ1) is 13.3. The lowest BCUT2D eigenvalue weighted by atomic mass is 9.78. The minimum Gasteiger partial charge on any atom is -0.368 e. The van der Waals surface area contributed by atoms with Gasteiger partial charge >= 0.3 is 0 Å². The molecular weight excluding hydrogens is 262 g/mol. The van der Waals surface area contributed by atoms with Crippen LogP contribution in [0, 0.1) is 5.41 Å². The molecule has 5 nitrogen and oxygen atoms in total. The van der Waals surface area contributed by atoms with Gasteiger partial charge in [-0.1, -0.05) is 12.8 Å². The first-order chi connectivity index (χ1) is 10.1. The van der Waals surface area contributed by atoms with Crippen molar-refractivity contribution in [3.8, 4) is 0 Å². The summed E-state index contributed by atoms with van der Waals surface area (Å²) in [5.74, 6) is 1.92. The Morgan fingerprint density at radius 3 is 2.62 bits per heavy atom. The van der Waals surface area contributed by atoms with Crippen LogP contribution in [0.2, 0.25) is 0 Å². The molecule has 3 aliphatic rings. The Labute approximate surface area is 126 Å². The molecule has 0 amide bonds. The van der Waals surface area contributed by atoms with Crippen LogP contribution in [0.1, 0.15) is 56.6 Å². The Bertz CT molecular complexity index is 531. The molecule has 0 radical (unpaired) electrons. The maximum atomic E-state index is 5.94. The summed E-state index contributed by atoms with van der Waals surface area (Å²) in [6, 6.07) is 2.49. The zero-order chi connectivity index (χ0) is 14.4. The van der Waals surface area contributed by atoms with E-state index < -0.39 is 0 Å². The van der Waals surface area contributed by atoms with Crippen molar-refractivity contribution in [3.63, 3.8) is 0 Å². The van der Waals surface area contributed by atoms with Gasteiger partial charge in [0.15, 0.2) is 0 Å². The number of aromatic nitrogens is 2. The average Bonchev–Trinajstić information content (AvgIpc) is 3.05. The van der Waals surface area contributed by atoms with Crippen LogP contribution in [0.5, 0.6) is 0 Å². The molecule has 1 aromatic heterocycles. The van der Waals surface area contributed by atoms with E-state index in [2.05, 4.69) is 20.9 Å². The van der Waals surface area contributed by atoms with Gasteiger partial charge in [-0.25, -0.2) is 4.98 Å². The molecule has 1 aliphatic heterocycles. The fourth-order valence-electron chi connectivity index (χ4n) is 4.41. The SMILES string of the molecule is Nc1nc(C2CC(N)C2)cc(N2CCC3(CCCC3)C2)n1. The lowest BCUT2D eigenvalue weighted by Crippen LogP contribution is -2.35. The third-order valence-electron chi connectivity index (χ3n) is 5.77. The number of anilines is 2. The van der Waals surface area contributed by atoms with Crippen molar-refractivity contribution in [1.29, 1.82) is 0 Å². The molecule has 3 fully saturated rings. The van der Waals surface area contributed by atoms with Crippen LogP contribution in [0.3, 0.4) is 0 Å². The number of nitrogens with zero attached hydrogens (tertiary/aromatic N) is 3. The molecular formula is C16H25N5. The van der Waals surface area contributed by atoms with Gasteiger partial charge in [0, 0.05) is 31.1 Å². The van der Waals surface area contributed by atoms with Gasteiger partial charge in [0.25, 0.3) is 0 Å². The normalized spacial score (nSPS) is 30.8. The van der Waals surface area contributed by atoms with Gasteiger partial charge < -0.3 is 16.4 Å². The molecule has 21 heavy (non-hydrogen) atoms. The minimum absolute atomic E-state index is 0.336. The van der Waals surface area contributed by atoms with E-state index in [1.165, 1.54) is 32.1 Å². The van der Waals surface area contributed by atoms with Gasteiger partial charge in [0.1, 0.15) is 5.82 Å². The predicted octanol–water partition coefficient (Wildman–Crippen LogP) is 2.03. The molecule has 1 spiro atoms. The fourth-order valence-corrected chi connectivity index (χ4v) is 4.41. The van der Waals surface area contributed by atoms with Crippen molar-refractivity contribution in [3.05, 3.63) is 11.8 Å². The van der Waals surface area contributed by atoms with Gasteiger partial charge in [-0.2, -0.15) is 4.98 Å². The highest BCUT2D eigenvalue weighted by atomic mass is 15.2. The molecule has 0 aromatic carbocycles. The van der Waals surface area contributed by atoms with Crippen LogP contribution < -0.4 is 16.4 Å². The largest absolute Gasteiger partial charge is 0.368 e. The molecule has 2 heterocycles. The smallest absolute Gasteiger partial charge is 0.222 e. The third-order valence-corrected chi connectivity index (χ3v) is 5.77. The van der Waals surface area contributed by atoms with E-state index in [-0.39, 0.29) is 0 Å². The zero-order valence-electron chi connectivity index (χ0n) is 12.6. The number of rotatable bonds is 2. The summed E-state index contributed by atoms with van der Waals surface area (Å²) < 4.78 is 0. The first-order valence-corrected chi connectivity index (χ1v) is 8.29. The quantitative estimate of drug-likeness (QED) is 0.870. The van der Waals surface area contributed by atoms with Crippen molar-refractivity contribution in [2.24, 2.45) is 11.1 Å². The molecule has 1 saturated heterocycles. The number of hydrogen-bond donors (Lipinski definition) is 2. The summed E-state index contributed by atoms with van der Waals surface area (Å²) in [6.07, 6.45) is 8.92. The molecule has 4 rings (SSSR count). The van der Waals surface area contributed by atoms with Crippen molar-refractivity contribution < 1.29 is 0 Å². The Morgan fingerprint density at radius 1 is 1.14 bits per heavy atom. The van der Waals surface area contributed by atoms with E-state index in [0.717, 1.165) is 37.4 Å². The third kappa shape index (κ3) is 2.37. The van der Waals surface area contributed by atoms with E-state index in [0.29, 0.717) is 23.3 Å². The van der Waals surface area contributed by atoms with Crippen molar-refractivity contribution in [2.45, 2.75) is 56.9 Å². The summed E-state index contributed by atoms with van der Waals surface area (Å²) >= 11 is 0.